The van der Waals surface area contributed by atoms with Crippen molar-refractivity contribution in [3.05, 3.63) is 34.2 Å². The van der Waals surface area contributed by atoms with Gasteiger partial charge < -0.3 is 39.0 Å². The lowest BCUT2D eigenvalue weighted by atomic mass is 9.57. The van der Waals surface area contributed by atoms with E-state index < -0.39 is 52.6 Å². The molecule has 6 aliphatic heterocycles. The molecule has 53 heavy (non-hydrogen) atoms. The van der Waals surface area contributed by atoms with Crippen LogP contribution in [0.15, 0.2) is 28.9 Å². The highest BCUT2D eigenvalue weighted by atomic mass is 16.8. The molecule has 0 radical (unpaired) electrons. The Morgan fingerprint density at radius 2 is 1.75 bits per heavy atom. The van der Waals surface area contributed by atoms with Crippen LogP contribution in [0.3, 0.4) is 0 Å². The number of hydrogen-bond donors (Lipinski definition) is 3. The third-order valence-corrected chi connectivity index (χ3v) is 14.5. The number of nitrogens with zero attached hydrogens (tertiary/aromatic N) is 3. The van der Waals surface area contributed by atoms with Crippen LogP contribution in [0.4, 0.5) is 0 Å². The number of aliphatic hydroxyl groups excluding tert-OH is 2. The molecule has 3 N–H and O–H groups in total. The van der Waals surface area contributed by atoms with Crippen LogP contribution in [0, 0.1) is 29.1 Å². The van der Waals surface area contributed by atoms with E-state index in [0.717, 1.165) is 24.0 Å². The molecule has 0 aromatic rings. The maximum Gasteiger partial charge on any atom is 0.200 e. The molecule has 0 aromatic heterocycles. The number of azide groups is 1. The minimum atomic E-state index is -1.18. The predicted molar refractivity (Wildman–Crippen MR) is 196 cm³/mol. The number of rotatable bonds is 6. The lowest BCUT2D eigenvalue weighted by molar-refractivity contribution is -0.403. The zero-order valence-corrected chi connectivity index (χ0v) is 32.3. The van der Waals surface area contributed by atoms with Crippen molar-refractivity contribution in [1.29, 1.82) is 0 Å². The number of carbonyl (C=O) groups is 1. The zero-order chi connectivity index (χ0) is 37.8. The van der Waals surface area contributed by atoms with Crippen molar-refractivity contribution in [3.8, 4) is 0 Å². The Hall–Kier alpha value is -1.86. The van der Waals surface area contributed by atoms with E-state index in [1.807, 2.05) is 13.8 Å². The van der Waals surface area contributed by atoms with Crippen molar-refractivity contribution in [3.63, 3.8) is 0 Å². The first kappa shape index (κ1) is 39.4. The maximum atomic E-state index is 15.0. The summed E-state index contributed by atoms with van der Waals surface area (Å²) >= 11 is 0. The largest absolute Gasteiger partial charge is 0.392 e. The topological polar surface area (TPSA) is 173 Å². The summed E-state index contributed by atoms with van der Waals surface area (Å²) in [6.45, 7) is 12.7. The molecule has 14 atom stereocenters. The summed E-state index contributed by atoms with van der Waals surface area (Å²) in [5, 5.41) is 37.8. The predicted octanol–water partition coefficient (Wildman–Crippen LogP) is 6.95. The molecule has 3 spiro atoms. The fraction of sp³-hybridized carbons (Fsp3) is 0.878. The molecular formula is C41H63N3O9. The van der Waals surface area contributed by atoms with Crippen molar-refractivity contribution in [2.75, 3.05) is 13.2 Å². The molecule has 0 unspecified atom stereocenters. The Labute approximate surface area is 314 Å². The average molecular weight is 742 g/mol. The SMILES string of the molecule is C=C1CCCC(=O)[C@@]2(C[C@H](C)[C@@H](C)CN=[N+]=[N-])CCC(CO)=C[C@@H]2[C@@H]2O[C@]3(C[C@H]4CCC[C@@]5(CC[C@@]6(O[C@@H](CC[C@@]6(C)O)C1)O5)O4)C[C@@H](C)[C@@H](O)[C@H]2O3. The number of ketones is 1. The number of aliphatic hydroxyl groups is 3. The second kappa shape index (κ2) is 14.9. The minimum absolute atomic E-state index is 0.0403. The van der Waals surface area contributed by atoms with Crippen LogP contribution < -0.4 is 0 Å². The number of carbonyl (C=O) groups excluding carboxylic acids is 1. The normalized spacial score (nSPS) is 47.2. The molecule has 0 aromatic carbocycles. The second-order valence-corrected chi connectivity index (χ2v) is 18.4. The Balaban J connectivity index is 1.28. The van der Waals surface area contributed by atoms with E-state index in [-0.39, 0.29) is 42.4 Å². The molecule has 6 saturated heterocycles. The molecule has 1 aliphatic carbocycles. The first-order valence-corrected chi connectivity index (χ1v) is 20.5. The molecule has 12 heteroatoms. The summed E-state index contributed by atoms with van der Waals surface area (Å²) in [6, 6.07) is 0. The molecule has 296 valence electrons. The van der Waals surface area contributed by atoms with Crippen LogP contribution in [0.25, 0.3) is 10.4 Å². The molecule has 7 bridgehead atoms. The highest BCUT2D eigenvalue weighted by molar-refractivity contribution is 5.86. The maximum absolute atomic E-state index is 15.0. The van der Waals surface area contributed by atoms with Gasteiger partial charge in [0.05, 0.1) is 31.0 Å². The molecule has 6 fully saturated rings. The molecule has 7 aliphatic rings. The van der Waals surface area contributed by atoms with Crippen LogP contribution >= 0.6 is 0 Å². The summed E-state index contributed by atoms with van der Waals surface area (Å²) in [6.07, 6.45) is 9.19. The molecule has 12 nitrogen and oxygen atoms in total. The third kappa shape index (κ3) is 7.30. The van der Waals surface area contributed by atoms with E-state index in [1.54, 1.807) is 0 Å². The lowest BCUT2D eigenvalue weighted by Gasteiger charge is -2.50. The van der Waals surface area contributed by atoms with Gasteiger partial charge in [-0.05, 0) is 100.0 Å². The molecule has 0 amide bonds. The number of ether oxygens (including phenoxy) is 5. The second-order valence-electron chi connectivity index (χ2n) is 18.4. The summed E-state index contributed by atoms with van der Waals surface area (Å²) in [7, 11) is 0. The van der Waals surface area contributed by atoms with E-state index in [9.17, 15) is 15.3 Å². The van der Waals surface area contributed by atoms with E-state index in [2.05, 4.69) is 36.5 Å². The van der Waals surface area contributed by atoms with E-state index in [4.69, 9.17) is 29.2 Å². The van der Waals surface area contributed by atoms with Gasteiger partial charge in [-0.25, -0.2) is 0 Å². The van der Waals surface area contributed by atoms with Crippen LogP contribution in [0.2, 0.25) is 0 Å². The van der Waals surface area contributed by atoms with Crippen LogP contribution in [-0.2, 0) is 28.5 Å². The highest BCUT2D eigenvalue weighted by Gasteiger charge is 2.65. The molecular weight excluding hydrogens is 678 g/mol. The van der Waals surface area contributed by atoms with Gasteiger partial charge in [0.15, 0.2) is 11.6 Å². The van der Waals surface area contributed by atoms with Crippen molar-refractivity contribution < 1.29 is 43.8 Å². The van der Waals surface area contributed by atoms with Crippen molar-refractivity contribution in [2.45, 2.75) is 184 Å². The van der Waals surface area contributed by atoms with Gasteiger partial charge in [0, 0.05) is 61.3 Å². The molecule has 6 heterocycles. The minimum Gasteiger partial charge on any atom is -0.392 e. The van der Waals surface area contributed by atoms with Crippen molar-refractivity contribution in [1.82, 2.24) is 0 Å². The highest BCUT2D eigenvalue weighted by Crippen LogP contribution is 2.58. The quantitative estimate of drug-likeness (QED) is 0.113. The first-order valence-electron chi connectivity index (χ1n) is 20.5. The summed E-state index contributed by atoms with van der Waals surface area (Å²) < 4.78 is 34.6. The van der Waals surface area contributed by atoms with Crippen LogP contribution in [0.5, 0.6) is 0 Å². The molecule has 7 rings (SSSR count). The van der Waals surface area contributed by atoms with Gasteiger partial charge in [0.1, 0.15) is 17.5 Å². The average Bonchev–Trinajstić information content (AvgIpc) is 3.63. The summed E-state index contributed by atoms with van der Waals surface area (Å²) in [5.74, 6) is -3.43. The van der Waals surface area contributed by atoms with Gasteiger partial charge in [-0.15, -0.1) is 0 Å². The molecule has 0 saturated carbocycles. The van der Waals surface area contributed by atoms with E-state index in [0.29, 0.717) is 96.4 Å². The third-order valence-electron chi connectivity index (χ3n) is 14.5. The zero-order valence-electron chi connectivity index (χ0n) is 32.3. The number of hydrogen-bond acceptors (Lipinski definition) is 10. The van der Waals surface area contributed by atoms with Crippen LogP contribution in [0.1, 0.15) is 130 Å². The fourth-order valence-electron chi connectivity index (χ4n) is 11.2. The van der Waals surface area contributed by atoms with Gasteiger partial charge in [0.2, 0.25) is 5.79 Å². The Morgan fingerprint density at radius 1 is 0.962 bits per heavy atom. The Kier molecular flexibility index (Phi) is 11.1. The summed E-state index contributed by atoms with van der Waals surface area (Å²) in [4.78, 5) is 18.0. The van der Waals surface area contributed by atoms with E-state index in [1.165, 1.54) is 0 Å². The van der Waals surface area contributed by atoms with Crippen LogP contribution in [-0.4, -0.2) is 87.7 Å². The smallest absolute Gasteiger partial charge is 0.200 e. The van der Waals surface area contributed by atoms with Gasteiger partial charge in [-0.3, -0.25) is 4.79 Å². The van der Waals surface area contributed by atoms with Gasteiger partial charge in [-0.2, -0.15) is 0 Å². The lowest BCUT2D eigenvalue weighted by Crippen LogP contribution is -2.60. The van der Waals surface area contributed by atoms with Gasteiger partial charge in [-0.1, -0.05) is 44.1 Å². The Morgan fingerprint density at radius 3 is 2.53 bits per heavy atom. The van der Waals surface area contributed by atoms with Crippen molar-refractivity contribution >= 4 is 5.78 Å². The van der Waals surface area contributed by atoms with Crippen molar-refractivity contribution in [2.24, 2.45) is 34.2 Å². The fourth-order valence-corrected chi connectivity index (χ4v) is 11.2. The first-order chi connectivity index (χ1) is 25.2. The van der Waals surface area contributed by atoms with Gasteiger partial charge in [0.25, 0.3) is 0 Å². The number of Topliss-reactive ketones (excluding diaryl/α,β-unsaturated/α-hetero) is 1. The monoisotopic (exact) mass is 741 g/mol. The number of fused-ring (bicyclic) bond motifs is 7. The van der Waals surface area contributed by atoms with E-state index >= 15 is 4.79 Å². The Bertz CT molecular complexity index is 1480. The van der Waals surface area contributed by atoms with Gasteiger partial charge >= 0.3 is 0 Å². The standard InChI is InChI=1S/C41H63N3O9/c1-25-8-6-10-33(46)38(20-26(2)28(4)23-43-44-42)15-11-29(24-45)19-32(38)35-36-34(47)27(3)21-40(51-35,52-36)22-31-9-7-13-39(49-31)16-17-41(53-39)37(5,48)14-12-30(18-25)50-41/h19,26-28,30-32,34-36,45,47-48H,1,6-18,20-24H2,2-5H3/t26-,27+,28-,30-,31+,32+,34+,35-,36+,37+,38+,39+,40+,41+/m0/s1. The summed E-state index contributed by atoms with van der Waals surface area (Å²) in [5.41, 5.74) is 8.92.